The van der Waals surface area contributed by atoms with Crippen LogP contribution in [0.2, 0.25) is 0 Å². The van der Waals surface area contributed by atoms with Crippen molar-refractivity contribution in [1.82, 2.24) is 0 Å². The molecule has 1 aliphatic rings. The van der Waals surface area contributed by atoms with E-state index in [0.717, 1.165) is 32.5 Å². The Balaban J connectivity index is 2.47. The van der Waals surface area contributed by atoms with Gasteiger partial charge in [-0.3, -0.25) is 0 Å². The second kappa shape index (κ2) is 3.35. The van der Waals surface area contributed by atoms with Gasteiger partial charge in [-0.15, -0.1) is 0 Å². The van der Waals surface area contributed by atoms with Crippen molar-refractivity contribution in [3.63, 3.8) is 0 Å². The van der Waals surface area contributed by atoms with Crippen LogP contribution >= 0.6 is 0 Å². The van der Waals surface area contributed by atoms with Crippen molar-refractivity contribution in [3.05, 3.63) is 0 Å². The summed E-state index contributed by atoms with van der Waals surface area (Å²) in [5.41, 5.74) is -0.247. The molecule has 12 heavy (non-hydrogen) atoms. The minimum atomic E-state index is -0.536. The summed E-state index contributed by atoms with van der Waals surface area (Å²) < 4.78 is 5.30. The third-order valence-electron chi connectivity index (χ3n) is 2.56. The highest BCUT2D eigenvalue weighted by molar-refractivity contribution is 4.83. The zero-order chi connectivity index (χ0) is 9.24. The van der Waals surface area contributed by atoms with Gasteiger partial charge in [-0.2, -0.15) is 0 Å². The highest BCUT2D eigenvalue weighted by Gasteiger charge is 2.32. The quantitative estimate of drug-likeness (QED) is 0.690. The lowest BCUT2D eigenvalue weighted by atomic mass is 9.74. The van der Waals surface area contributed by atoms with Crippen LogP contribution in [0.1, 0.15) is 40.0 Å². The van der Waals surface area contributed by atoms with Crippen LogP contribution in [0.25, 0.3) is 0 Å². The summed E-state index contributed by atoms with van der Waals surface area (Å²) in [7, 11) is 0. The van der Waals surface area contributed by atoms with Gasteiger partial charge >= 0.3 is 0 Å². The Hall–Kier alpha value is -0.0800. The molecule has 2 nitrogen and oxygen atoms in total. The molecule has 0 aliphatic carbocycles. The zero-order valence-electron chi connectivity index (χ0n) is 8.39. The first-order valence-electron chi connectivity index (χ1n) is 4.72. The van der Waals surface area contributed by atoms with Crippen LogP contribution in [0, 0.1) is 5.41 Å². The minimum Gasteiger partial charge on any atom is -0.390 e. The lowest BCUT2D eigenvalue weighted by Gasteiger charge is -2.37. The molecule has 2 heteroatoms. The predicted molar refractivity (Wildman–Crippen MR) is 49.1 cm³/mol. The molecule has 0 spiro atoms. The fourth-order valence-corrected chi connectivity index (χ4v) is 2.09. The largest absolute Gasteiger partial charge is 0.390 e. The third-order valence-corrected chi connectivity index (χ3v) is 2.56. The van der Waals surface area contributed by atoms with Gasteiger partial charge in [0.05, 0.1) is 5.60 Å². The maximum Gasteiger partial charge on any atom is 0.0597 e. The molecule has 0 radical (unpaired) electrons. The lowest BCUT2D eigenvalue weighted by Crippen LogP contribution is -2.34. The van der Waals surface area contributed by atoms with E-state index >= 15 is 0 Å². The van der Waals surface area contributed by atoms with E-state index in [1.54, 1.807) is 0 Å². The van der Waals surface area contributed by atoms with Gasteiger partial charge in [-0.25, -0.2) is 0 Å². The summed E-state index contributed by atoms with van der Waals surface area (Å²) in [6, 6.07) is 0. The average molecular weight is 172 g/mol. The summed E-state index contributed by atoms with van der Waals surface area (Å²) >= 11 is 0. The van der Waals surface area contributed by atoms with Gasteiger partial charge in [-0.1, -0.05) is 6.92 Å². The number of hydrogen-bond acceptors (Lipinski definition) is 2. The van der Waals surface area contributed by atoms with Crippen molar-refractivity contribution in [2.75, 3.05) is 13.2 Å². The van der Waals surface area contributed by atoms with Crippen molar-refractivity contribution in [2.24, 2.45) is 5.41 Å². The molecular formula is C10H20O2. The number of hydrogen-bond donors (Lipinski definition) is 1. The van der Waals surface area contributed by atoms with Crippen LogP contribution in [0.15, 0.2) is 0 Å². The molecule has 1 aliphatic heterocycles. The second-order valence-electron chi connectivity index (χ2n) is 4.91. The van der Waals surface area contributed by atoms with Gasteiger partial charge in [0.25, 0.3) is 0 Å². The standard InChI is InChI=1S/C10H20O2/c1-9(2,11)8-10(3)4-6-12-7-5-10/h11H,4-8H2,1-3H3. The maximum atomic E-state index is 9.69. The molecular weight excluding hydrogens is 152 g/mol. The Morgan fingerprint density at radius 2 is 1.83 bits per heavy atom. The van der Waals surface area contributed by atoms with Crippen LogP contribution < -0.4 is 0 Å². The van der Waals surface area contributed by atoms with E-state index in [4.69, 9.17) is 4.74 Å². The van der Waals surface area contributed by atoms with Gasteiger partial charge in [0.2, 0.25) is 0 Å². The molecule has 1 heterocycles. The Bertz CT molecular complexity index is 140. The predicted octanol–water partition coefficient (Wildman–Crippen LogP) is 1.96. The maximum absolute atomic E-state index is 9.69. The van der Waals surface area contributed by atoms with E-state index in [9.17, 15) is 5.11 Å². The van der Waals surface area contributed by atoms with Gasteiger partial charge in [0.15, 0.2) is 0 Å². The molecule has 0 saturated carbocycles. The first-order chi connectivity index (χ1) is 5.41. The summed E-state index contributed by atoms with van der Waals surface area (Å²) in [6.45, 7) is 7.72. The average Bonchev–Trinajstić information content (AvgIpc) is 1.83. The molecule has 0 bridgehead atoms. The van der Waals surface area contributed by atoms with Crippen molar-refractivity contribution in [2.45, 2.75) is 45.6 Å². The fraction of sp³-hybridized carbons (Fsp3) is 1.00. The third kappa shape index (κ3) is 3.11. The molecule has 1 rings (SSSR count). The lowest BCUT2D eigenvalue weighted by molar-refractivity contribution is -0.0317. The van der Waals surface area contributed by atoms with Crippen molar-refractivity contribution < 1.29 is 9.84 Å². The molecule has 72 valence electrons. The van der Waals surface area contributed by atoms with Crippen molar-refractivity contribution in [1.29, 1.82) is 0 Å². The van der Waals surface area contributed by atoms with E-state index in [1.807, 2.05) is 13.8 Å². The molecule has 0 atom stereocenters. The van der Waals surface area contributed by atoms with Gasteiger partial charge in [0.1, 0.15) is 0 Å². The highest BCUT2D eigenvalue weighted by Crippen LogP contribution is 2.37. The second-order valence-corrected chi connectivity index (χ2v) is 4.91. The zero-order valence-corrected chi connectivity index (χ0v) is 8.39. The summed E-state index contributed by atoms with van der Waals surface area (Å²) in [6.07, 6.45) is 3.04. The van der Waals surface area contributed by atoms with E-state index in [2.05, 4.69) is 6.92 Å². The Morgan fingerprint density at radius 3 is 2.25 bits per heavy atom. The molecule has 0 aromatic rings. The molecule has 0 aromatic heterocycles. The summed E-state index contributed by atoms with van der Waals surface area (Å²) in [4.78, 5) is 0. The van der Waals surface area contributed by atoms with Crippen LogP contribution in [0.3, 0.4) is 0 Å². The summed E-state index contributed by atoms with van der Waals surface area (Å²) in [5, 5.41) is 9.69. The molecule has 0 aromatic carbocycles. The smallest absolute Gasteiger partial charge is 0.0597 e. The fourth-order valence-electron chi connectivity index (χ4n) is 2.09. The van der Waals surface area contributed by atoms with Gasteiger partial charge < -0.3 is 9.84 Å². The van der Waals surface area contributed by atoms with E-state index in [1.165, 1.54) is 0 Å². The van der Waals surface area contributed by atoms with E-state index < -0.39 is 5.60 Å². The van der Waals surface area contributed by atoms with Crippen molar-refractivity contribution in [3.8, 4) is 0 Å². The van der Waals surface area contributed by atoms with Gasteiger partial charge in [0, 0.05) is 13.2 Å². The van der Waals surface area contributed by atoms with Gasteiger partial charge in [-0.05, 0) is 38.5 Å². The van der Waals surface area contributed by atoms with Crippen molar-refractivity contribution >= 4 is 0 Å². The highest BCUT2D eigenvalue weighted by atomic mass is 16.5. The minimum absolute atomic E-state index is 0.288. The molecule has 0 amide bonds. The van der Waals surface area contributed by atoms with Crippen LogP contribution in [0.4, 0.5) is 0 Å². The monoisotopic (exact) mass is 172 g/mol. The molecule has 1 N–H and O–H groups in total. The number of ether oxygens (including phenoxy) is 1. The first-order valence-corrected chi connectivity index (χ1v) is 4.72. The Kier molecular flexibility index (Phi) is 2.79. The normalized spacial score (nSPS) is 24.0. The SMILES string of the molecule is CC(C)(O)CC1(C)CCOCC1. The van der Waals surface area contributed by atoms with Crippen LogP contribution in [-0.4, -0.2) is 23.9 Å². The molecule has 1 saturated heterocycles. The molecule has 0 unspecified atom stereocenters. The number of rotatable bonds is 2. The first kappa shape index (κ1) is 10.0. The Labute approximate surface area is 74.9 Å². The number of aliphatic hydroxyl groups is 1. The summed E-state index contributed by atoms with van der Waals surface area (Å²) in [5.74, 6) is 0. The Morgan fingerprint density at radius 1 is 1.33 bits per heavy atom. The topological polar surface area (TPSA) is 29.5 Å². The van der Waals surface area contributed by atoms with Crippen LogP contribution in [0.5, 0.6) is 0 Å². The van der Waals surface area contributed by atoms with Crippen LogP contribution in [-0.2, 0) is 4.74 Å². The molecule has 1 fully saturated rings. The van der Waals surface area contributed by atoms with E-state index in [0.29, 0.717) is 0 Å². The van der Waals surface area contributed by atoms with E-state index in [-0.39, 0.29) is 5.41 Å².